The number of rotatable bonds is 4. The van der Waals surface area contributed by atoms with Gasteiger partial charge < -0.3 is 10.3 Å². The van der Waals surface area contributed by atoms with Gasteiger partial charge in [0, 0.05) is 16.8 Å². The van der Waals surface area contributed by atoms with Gasteiger partial charge in [0.2, 0.25) is 0 Å². The van der Waals surface area contributed by atoms with E-state index < -0.39 is 0 Å². The van der Waals surface area contributed by atoms with Crippen molar-refractivity contribution < 1.29 is 4.79 Å². The highest BCUT2D eigenvalue weighted by Crippen LogP contribution is 2.23. The Morgan fingerprint density at radius 3 is 2.03 bits per heavy atom. The SMILES string of the molecule is O=C(Nc1ccc(-c2nc3ccccc3[nH]2)cc1)c1ccc(-c2ccccc2)cc1. The molecule has 5 rings (SSSR count). The number of amides is 1. The van der Waals surface area contributed by atoms with Crippen LogP contribution in [0, 0.1) is 0 Å². The van der Waals surface area contributed by atoms with Crippen molar-refractivity contribution >= 4 is 22.6 Å². The molecule has 0 aliphatic carbocycles. The number of fused-ring (bicyclic) bond motifs is 1. The van der Waals surface area contributed by atoms with Gasteiger partial charge >= 0.3 is 0 Å². The Morgan fingerprint density at radius 2 is 1.30 bits per heavy atom. The van der Waals surface area contributed by atoms with Crippen LogP contribution in [0.3, 0.4) is 0 Å². The minimum absolute atomic E-state index is 0.133. The first kappa shape index (κ1) is 17.9. The lowest BCUT2D eigenvalue weighted by Gasteiger charge is -2.07. The third kappa shape index (κ3) is 3.59. The van der Waals surface area contributed by atoms with Crippen LogP contribution in [0.25, 0.3) is 33.5 Å². The third-order valence-electron chi connectivity index (χ3n) is 5.06. The number of hydrogen-bond acceptors (Lipinski definition) is 2. The van der Waals surface area contributed by atoms with E-state index in [1.165, 1.54) is 0 Å². The van der Waals surface area contributed by atoms with Crippen molar-refractivity contribution in [2.75, 3.05) is 5.32 Å². The van der Waals surface area contributed by atoms with Crippen molar-refractivity contribution in [1.82, 2.24) is 9.97 Å². The second-order valence-corrected chi connectivity index (χ2v) is 7.08. The molecule has 4 nitrogen and oxygen atoms in total. The molecule has 1 heterocycles. The maximum atomic E-state index is 12.6. The third-order valence-corrected chi connectivity index (χ3v) is 5.06. The highest BCUT2D eigenvalue weighted by molar-refractivity contribution is 6.04. The van der Waals surface area contributed by atoms with Crippen LogP contribution in [0.5, 0.6) is 0 Å². The van der Waals surface area contributed by atoms with E-state index in [-0.39, 0.29) is 5.91 Å². The molecule has 0 aliphatic rings. The number of nitrogens with one attached hydrogen (secondary N) is 2. The van der Waals surface area contributed by atoms with Crippen molar-refractivity contribution in [2.45, 2.75) is 0 Å². The zero-order valence-electron chi connectivity index (χ0n) is 16.2. The number of hydrogen-bond donors (Lipinski definition) is 2. The number of H-pyrrole nitrogens is 1. The molecule has 0 bridgehead atoms. The van der Waals surface area contributed by atoms with Crippen molar-refractivity contribution in [3.8, 4) is 22.5 Å². The minimum atomic E-state index is -0.133. The quantitative estimate of drug-likeness (QED) is 0.387. The Morgan fingerprint density at radius 1 is 0.667 bits per heavy atom. The predicted molar refractivity (Wildman–Crippen MR) is 121 cm³/mol. The summed E-state index contributed by atoms with van der Waals surface area (Å²) < 4.78 is 0. The molecule has 30 heavy (non-hydrogen) atoms. The summed E-state index contributed by atoms with van der Waals surface area (Å²) in [5, 5.41) is 2.95. The van der Waals surface area contributed by atoms with E-state index in [4.69, 9.17) is 0 Å². The number of para-hydroxylation sites is 2. The lowest BCUT2D eigenvalue weighted by Crippen LogP contribution is -2.11. The fourth-order valence-corrected chi connectivity index (χ4v) is 3.45. The summed E-state index contributed by atoms with van der Waals surface area (Å²) in [6.45, 7) is 0. The Kier molecular flexibility index (Phi) is 4.58. The Balaban J connectivity index is 1.30. The first-order valence-corrected chi connectivity index (χ1v) is 9.78. The summed E-state index contributed by atoms with van der Waals surface area (Å²) in [5.74, 6) is 0.677. The number of nitrogens with zero attached hydrogens (tertiary/aromatic N) is 1. The van der Waals surface area contributed by atoms with E-state index in [2.05, 4.69) is 27.4 Å². The van der Waals surface area contributed by atoms with Crippen molar-refractivity contribution in [3.63, 3.8) is 0 Å². The number of carbonyl (C=O) groups is 1. The summed E-state index contributed by atoms with van der Waals surface area (Å²) in [5.41, 5.74) is 6.49. The highest BCUT2D eigenvalue weighted by atomic mass is 16.1. The maximum absolute atomic E-state index is 12.6. The van der Waals surface area contributed by atoms with Crippen molar-refractivity contribution in [3.05, 3.63) is 109 Å². The largest absolute Gasteiger partial charge is 0.338 e. The maximum Gasteiger partial charge on any atom is 0.255 e. The van der Waals surface area contributed by atoms with Crippen LogP contribution in [0.4, 0.5) is 5.69 Å². The first-order chi connectivity index (χ1) is 14.8. The number of anilines is 1. The van der Waals surface area contributed by atoms with E-state index in [9.17, 15) is 4.79 Å². The molecule has 0 radical (unpaired) electrons. The van der Waals surface area contributed by atoms with Gasteiger partial charge in [-0.3, -0.25) is 4.79 Å². The van der Waals surface area contributed by atoms with Crippen LogP contribution >= 0.6 is 0 Å². The molecule has 0 spiro atoms. The summed E-state index contributed by atoms with van der Waals surface area (Å²) in [6, 6.07) is 33.3. The van der Waals surface area contributed by atoms with Gasteiger partial charge in [-0.2, -0.15) is 0 Å². The van der Waals surface area contributed by atoms with Gasteiger partial charge in [0.25, 0.3) is 5.91 Å². The number of carbonyl (C=O) groups excluding carboxylic acids is 1. The number of benzene rings is 4. The smallest absolute Gasteiger partial charge is 0.255 e. The molecule has 4 aromatic carbocycles. The molecule has 0 saturated carbocycles. The fourth-order valence-electron chi connectivity index (χ4n) is 3.45. The van der Waals surface area contributed by atoms with Crippen LogP contribution in [-0.4, -0.2) is 15.9 Å². The average molecular weight is 389 g/mol. The minimum Gasteiger partial charge on any atom is -0.338 e. The second kappa shape index (κ2) is 7.68. The molecule has 2 N–H and O–H groups in total. The lowest BCUT2D eigenvalue weighted by molar-refractivity contribution is 0.102. The molecule has 1 aromatic heterocycles. The van der Waals surface area contributed by atoms with Crippen LogP contribution < -0.4 is 5.32 Å². The van der Waals surface area contributed by atoms with E-state index >= 15 is 0 Å². The van der Waals surface area contributed by atoms with E-state index in [1.807, 2.05) is 91.0 Å². The van der Waals surface area contributed by atoms with Gasteiger partial charge in [-0.1, -0.05) is 54.6 Å². The molecule has 5 aromatic rings. The van der Waals surface area contributed by atoms with Crippen molar-refractivity contribution in [2.24, 2.45) is 0 Å². The standard InChI is InChI=1S/C26H19N3O/c30-26(21-12-10-19(11-13-21)18-6-2-1-3-7-18)27-22-16-14-20(15-17-22)25-28-23-8-4-5-9-24(23)29-25/h1-17H,(H,27,30)(H,28,29). The topological polar surface area (TPSA) is 57.8 Å². The van der Waals surface area contributed by atoms with E-state index in [0.717, 1.165) is 39.2 Å². The molecular weight excluding hydrogens is 370 g/mol. The van der Waals surface area contributed by atoms with E-state index in [1.54, 1.807) is 0 Å². The molecule has 0 saturated heterocycles. The van der Waals surface area contributed by atoms with Crippen LogP contribution in [0.15, 0.2) is 103 Å². The lowest BCUT2D eigenvalue weighted by atomic mass is 10.0. The molecule has 4 heteroatoms. The number of imidazole rings is 1. The molecule has 0 atom stereocenters. The molecule has 1 amide bonds. The molecular formula is C26H19N3O. The van der Waals surface area contributed by atoms with Gasteiger partial charge in [0.05, 0.1) is 11.0 Å². The average Bonchev–Trinajstić information content (AvgIpc) is 3.25. The molecule has 0 unspecified atom stereocenters. The zero-order valence-corrected chi connectivity index (χ0v) is 16.2. The van der Waals surface area contributed by atoms with E-state index in [0.29, 0.717) is 5.56 Å². The summed E-state index contributed by atoms with van der Waals surface area (Å²) in [4.78, 5) is 20.5. The van der Waals surface area contributed by atoms with Gasteiger partial charge in [-0.05, 0) is 59.7 Å². The van der Waals surface area contributed by atoms with Gasteiger partial charge in [0.1, 0.15) is 5.82 Å². The Bertz CT molecular complexity index is 1270. The summed E-state index contributed by atoms with van der Waals surface area (Å²) in [6.07, 6.45) is 0. The van der Waals surface area contributed by atoms with Crippen LogP contribution in [0.2, 0.25) is 0 Å². The number of aromatic nitrogens is 2. The Hall–Kier alpha value is -4.18. The predicted octanol–water partition coefficient (Wildman–Crippen LogP) is 6.15. The first-order valence-electron chi connectivity index (χ1n) is 9.78. The summed E-state index contributed by atoms with van der Waals surface area (Å²) in [7, 11) is 0. The number of aromatic amines is 1. The van der Waals surface area contributed by atoms with Crippen molar-refractivity contribution in [1.29, 1.82) is 0 Å². The molecule has 144 valence electrons. The Labute approximate surface area is 174 Å². The highest BCUT2D eigenvalue weighted by Gasteiger charge is 2.08. The van der Waals surface area contributed by atoms with Gasteiger partial charge in [-0.25, -0.2) is 4.98 Å². The fraction of sp³-hybridized carbons (Fsp3) is 0. The van der Waals surface area contributed by atoms with Gasteiger partial charge in [0.15, 0.2) is 0 Å². The van der Waals surface area contributed by atoms with Crippen LogP contribution in [-0.2, 0) is 0 Å². The zero-order chi connectivity index (χ0) is 20.3. The normalized spacial score (nSPS) is 10.8. The molecule has 0 aliphatic heterocycles. The van der Waals surface area contributed by atoms with Gasteiger partial charge in [-0.15, -0.1) is 0 Å². The molecule has 0 fully saturated rings. The second-order valence-electron chi connectivity index (χ2n) is 7.08. The monoisotopic (exact) mass is 389 g/mol. The summed E-state index contributed by atoms with van der Waals surface area (Å²) >= 11 is 0. The van der Waals surface area contributed by atoms with Crippen LogP contribution in [0.1, 0.15) is 10.4 Å².